The van der Waals surface area contributed by atoms with Crippen molar-refractivity contribution >= 4 is 56.6 Å². The molecule has 2 saturated heterocycles. The van der Waals surface area contributed by atoms with Gasteiger partial charge in [0.1, 0.15) is 23.0 Å². The maximum atomic E-state index is 13.2. The summed E-state index contributed by atoms with van der Waals surface area (Å²) in [7, 11) is 3.09. The van der Waals surface area contributed by atoms with E-state index in [4.69, 9.17) is 14.5 Å². The van der Waals surface area contributed by atoms with Crippen LogP contribution in [0.25, 0.3) is 15.9 Å². The molecule has 3 aliphatic rings. The number of hydrogen-bond acceptors (Lipinski definition) is 10. The molecule has 3 fully saturated rings. The Labute approximate surface area is 324 Å². The zero-order chi connectivity index (χ0) is 39.1. The molecule has 8 rings (SSSR count). The van der Waals surface area contributed by atoms with E-state index in [1.54, 1.807) is 41.7 Å². The molecular formula is C39H41F3N8O5S. The van der Waals surface area contributed by atoms with Gasteiger partial charge in [0, 0.05) is 37.7 Å². The standard InChI is InChI=1S/C39H41F3N8O5S/c1-54-29-17-28-31(18-27(29)45-36(52)26-4-3-5-32(44-26)39(40,41)42)56-37(46-28)24-8-6-22(7-9-24)20-48-13-10-23(11-14-48)25-16-30(55-2)35-43-19-34(50(35)21-25)49-15-12-33(51)47-38(49)53/h3-5,16-19,21-24H,6-15,20H2,1-2H3,(H,45,52)(H,47,51,53)/t22-,24-. The lowest BCUT2D eigenvalue weighted by molar-refractivity contribution is -0.141. The number of likely N-dealkylation sites (tertiary alicyclic amines) is 1. The number of benzene rings is 1. The van der Waals surface area contributed by atoms with Gasteiger partial charge in [0.25, 0.3) is 5.91 Å². The maximum absolute atomic E-state index is 13.2. The smallest absolute Gasteiger partial charge is 0.433 e. The Kier molecular flexibility index (Phi) is 10.3. The van der Waals surface area contributed by atoms with Crippen molar-refractivity contribution in [2.75, 3.05) is 50.6 Å². The van der Waals surface area contributed by atoms with Gasteiger partial charge in [0.05, 0.1) is 41.3 Å². The minimum atomic E-state index is -4.66. The summed E-state index contributed by atoms with van der Waals surface area (Å²) >= 11 is 1.57. The van der Waals surface area contributed by atoms with E-state index in [2.05, 4.69) is 37.8 Å². The number of nitrogens with zero attached hydrogens (tertiary/aromatic N) is 6. The van der Waals surface area contributed by atoms with Gasteiger partial charge >= 0.3 is 12.2 Å². The second kappa shape index (κ2) is 15.3. The van der Waals surface area contributed by atoms with E-state index >= 15 is 0 Å². The van der Waals surface area contributed by atoms with E-state index in [1.807, 2.05) is 4.40 Å². The predicted molar refractivity (Wildman–Crippen MR) is 204 cm³/mol. The average molecular weight is 791 g/mol. The van der Waals surface area contributed by atoms with Gasteiger partial charge in [-0.3, -0.25) is 24.2 Å². The van der Waals surface area contributed by atoms with Gasteiger partial charge < -0.3 is 19.7 Å². The summed E-state index contributed by atoms with van der Waals surface area (Å²) in [6.45, 7) is 3.32. The molecule has 0 unspecified atom stereocenters. The highest BCUT2D eigenvalue weighted by molar-refractivity contribution is 7.18. The van der Waals surface area contributed by atoms with Crippen LogP contribution in [0.1, 0.15) is 83.5 Å². The summed E-state index contributed by atoms with van der Waals surface area (Å²) in [5.41, 5.74) is 1.36. The molecule has 13 nitrogen and oxygen atoms in total. The molecule has 1 saturated carbocycles. The normalized spacial score (nSPS) is 20.1. The number of hydrogen-bond donors (Lipinski definition) is 2. The Morgan fingerprint density at radius 1 is 0.964 bits per heavy atom. The summed E-state index contributed by atoms with van der Waals surface area (Å²) in [6.07, 6.45) is 5.52. The highest BCUT2D eigenvalue weighted by Gasteiger charge is 2.34. The van der Waals surface area contributed by atoms with Gasteiger partial charge in [0.2, 0.25) is 5.91 Å². The number of fused-ring (bicyclic) bond motifs is 2. The quantitative estimate of drug-likeness (QED) is 0.158. The van der Waals surface area contributed by atoms with Crippen molar-refractivity contribution in [3.05, 3.63) is 70.8 Å². The van der Waals surface area contributed by atoms with E-state index in [-0.39, 0.29) is 18.0 Å². The molecule has 56 heavy (non-hydrogen) atoms. The highest BCUT2D eigenvalue weighted by atomic mass is 32.1. The number of imidazole rings is 1. The van der Waals surface area contributed by atoms with Crippen molar-refractivity contribution in [1.29, 1.82) is 0 Å². The fraction of sp³-hybridized carbons (Fsp3) is 0.436. The SMILES string of the molecule is COc1cc2nc([C@H]3CC[C@H](CN4CCC(c5cc(OC)c6ncc(N7CCC(=O)NC7=O)n6c5)CC4)CC3)sc2cc1NC(=O)c1cccc(C(F)(F)F)n1. The number of urea groups is 1. The van der Waals surface area contributed by atoms with Crippen molar-refractivity contribution in [3.8, 4) is 11.5 Å². The Balaban J connectivity index is 0.869. The predicted octanol–water partition coefficient (Wildman–Crippen LogP) is 7.23. The van der Waals surface area contributed by atoms with E-state index in [1.165, 1.54) is 13.2 Å². The number of carbonyl (C=O) groups is 3. The molecule has 4 aromatic heterocycles. The maximum Gasteiger partial charge on any atom is 0.433 e. The number of rotatable bonds is 9. The van der Waals surface area contributed by atoms with Crippen LogP contribution in [0.4, 0.5) is 29.5 Å². The summed E-state index contributed by atoms with van der Waals surface area (Å²) in [5, 5.41) is 6.09. The molecule has 6 heterocycles. The Morgan fingerprint density at radius 3 is 2.45 bits per heavy atom. The van der Waals surface area contributed by atoms with Crippen molar-refractivity contribution in [3.63, 3.8) is 0 Å². The molecule has 0 atom stereocenters. The number of thiazole rings is 1. The van der Waals surface area contributed by atoms with Crippen LogP contribution in [0.15, 0.2) is 48.8 Å². The molecule has 294 valence electrons. The third-order valence-corrected chi connectivity index (χ3v) is 12.3. The van der Waals surface area contributed by atoms with E-state index < -0.39 is 23.8 Å². The molecule has 17 heteroatoms. The molecule has 2 N–H and O–H groups in total. The van der Waals surface area contributed by atoms with Crippen LogP contribution >= 0.6 is 11.3 Å². The topological polar surface area (TPSA) is 143 Å². The monoisotopic (exact) mass is 790 g/mol. The molecular weight excluding hydrogens is 750 g/mol. The molecule has 5 aromatic rings. The van der Waals surface area contributed by atoms with Gasteiger partial charge in [-0.25, -0.2) is 19.7 Å². The minimum Gasteiger partial charge on any atom is -0.494 e. The number of nitrogens with one attached hydrogen (secondary N) is 2. The van der Waals surface area contributed by atoms with Crippen LogP contribution in [-0.2, 0) is 11.0 Å². The first-order chi connectivity index (χ1) is 27.0. The molecule has 0 bridgehead atoms. The third-order valence-electron chi connectivity index (χ3n) is 11.1. The second-order valence-electron chi connectivity index (χ2n) is 14.6. The van der Waals surface area contributed by atoms with Gasteiger partial charge in [-0.1, -0.05) is 6.07 Å². The Morgan fingerprint density at radius 2 is 1.73 bits per heavy atom. The first-order valence-corrected chi connectivity index (χ1v) is 19.5. The Bertz CT molecular complexity index is 2300. The Hall–Kier alpha value is -5.29. The van der Waals surface area contributed by atoms with Crippen LogP contribution in [0.2, 0.25) is 0 Å². The van der Waals surface area contributed by atoms with Gasteiger partial charge in [-0.05, 0) is 93.3 Å². The van der Waals surface area contributed by atoms with Crippen LogP contribution in [0.3, 0.4) is 0 Å². The highest BCUT2D eigenvalue weighted by Crippen LogP contribution is 2.42. The van der Waals surface area contributed by atoms with Crippen molar-refractivity contribution in [2.24, 2.45) is 5.92 Å². The lowest BCUT2D eigenvalue weighted by Gasteiger charge is -2.36. The molecule has 0 radical (unpaired) electrons. The largest absolute Gasteiger partial charge is 0.494 e. The van der Waals surface area contributed by atoms with Crippen LogP contribution in [0, 0.1) is 5.92 Å². The molecule has 1 aromatic carbocycles. The lowest BCUT2D eigenvalue weighted by atomic mass is 9.81. The minimum absolute atomic E-state index is 0.230. The second-order valence-corrected chi connectivity index (χ2v) is 15.7. The summed E-state index contributed by atoms with van der Waals surface area (Å²) in [5.74, 6) is 1.80. The number of carbonyl (C=O) groups excluding carboxylic acids is 3. The van der Waals surface area contributed by atoms with Crippen molar-refractivity contribution < 1.29 is 37.0 Å². The first kappa shape index (κ1) is 37.6. The first-order valence-electron chi connectivity index (χ1n) is 18.7. The number of methoxy groups -OCH3 is 2. The average Bonchev–Trinajstić information content (AvgIpc) is 3.82. The summed E-state index contributed by atoms with van der Waals surface area (Å²) in [6, 6.07) is 8.33. The zero-order valence-corrected chi connectivity index (χ0v) is 31.7. The molecule has 4 amide bonds. The van der Waals surface area contributed by atoms with Gasteiger partial charge in [0.15, 0.2) is 11.4 Å². The zero-order valence-electron chi connectivity index (χ0n) is 30.9. The van der Waals surface area contributed by atoms with E-state index in [0.29, 0.717) is 52.9 Å². The number of alkyl halides is 3. The van der Waals surface area contributed by atoms with E-state index in [9.17, 15) is 27.6 Å². The van der Waals surface area contributed by atoms with Crippen LogP contribution in [-0.4, -0.2) is 82.5 Å². The fourth-order valence-corrected chi connectivity index (χ4v) is 9.30. The lowest BCUT2D eigenvalue weighted by Crippen LogP contribution is -2.50. The van der Waals surface area contributed by atoms with Crippen molar-refractivity contribution in [1.82, 2.24) is 29.6 Å². The number of anilines is 2. The number of ether oxygens (including phenoxy) is 2. The number of amides is 4. The molecule has 2 aliphatic heterocycles. The van der Waals surface area contributed by atoms with Gasteiger partial charge in [-0.2, -0.15) is 13.2 Å². The van der Waals surface area contributed by atoms with E-state index in [0.717, 1.165) is 91.1 Å². The number of aromatic nitrogens is 4. The fourth-order valence-electron chi connectivity index (χ4n) is 8.14. The summed E-state index contributed by atoms with van der Waals surface area (Å²) < 4.78 is 53.5. The van der Waals surface area contributed by atoms with Crippen LogP contribution in [0.5, 0.6) is 11.5 Å². The summed E-state index contributed by atoms with van der Waals surface area (Å²) in [4.78, 5) is 54.3. The number of piperidine rings is 1. The van der Waals surface area contributed by atoms with Crippen molar-refractivity contribution in [2.45, 2.75) is 63.0 Å². The third kappa shape index (κ3) is 7.61. The number of pyridine rings is 2. The molecule has 1 aliphatic carbocycles. The van der Waals surface area contributed by atoms with Gasteiger partial charge in [-0.15, -0.1) is 11.3 Å². The number of halogens is 3. The molecule has 0 spiro atoms. The van der Waals surface area contributed by atoms with Crippen LogP contribution < -0.4 is 25.0 Å². The number of imide groups is 1.